The lowest BCUT2D eigenvalue weighted by molar-refractivity contribution is 0.0958. The first kappa shape index (κ1) is 13.9. The molecular formula is C13H19NO2S2. The topological polar surface area (TPSA) is 38.3 Å². The molecule has 100 valence electrons. The summed E-state index contributed by atoms with van der Waals surface area (Å²) >= 11 is 3.36. The Morgan fingerprint density at radius 3 is 3.22 bits per heavy atom. The third-order valence-electron chi connectivity index (χ3n) is 2.91. The van der Waals surface area contributed by atoms with Crippen molar-refractivity contribution in [1.29, 1.82) is 0 Å². The van der Waals surface area contributed by atoms with E-state index in [2.05, 4.69) is 11.6 Å². The van der Waals surface area contributed by atoms with Gasteiger partial charge in [0.15, 0.2) is 0 Å². The fraction of sp³-hybridized carbons (Fsp3) is 0.615. The summed E-state index contributed by atoms with van der Waals surface area (Å²) in [5, 5.41) is 2.96. The van der Waals surface area contributed by atoms with E-state index in [1.165, 1.54) is 4.88 Å². The second kappa shape index (κ2) is 7.16. The Kier molecular flexibility index (Phi) is 5.53. The molecule has 1 amide bonds. The quantitative estimate of drug-likeness (QED) is 0.816. The van der Waals surface area contributed by atoms with E-state index in [1.54, 1.807) is 23.1 Å². The summed E-state index contributed by atoms with van der Waals surface area (Å²) in [6.07, 6.45) is 5.52. The molecule has 3 nitrogen and oxygen atoms in total. The number of thiophene rings is 1. The molecule has 1 aliphatic rings. The molecule has 0 saturated carbocycles. The second-order valence-corrected chi connectivity index (χ2v) is 6.41. The van der Waals surface area contributed by atoms with Gasteiger partial charge in [-0.25, -0.2) is 0 Å². The van der Waals surface area contributed by atoms with Gasteiger partial charge in [-0.2, -0.15) is 11.8 Å². The van der Waals surface area contributed by atoms with Crippen LogP contribution in [-0.4, -0.2) is 31.1 Å². The zero-order chi connectivity index (χ0) is 12.8. The SMILES string of the molecule is CSCCCNC(=O)c1ccc([C@@H]2CCCO2)s1. The van der Waals surface area contributed by atoms with Gasteiger partial charge in [-0.05, 0) is 43.4 Å². The fourth-order valence-electron chi connectivity index (χ4n) is 1.96. The number of ether oxygens (including phenoxy) is 1. The van der Waals surface area contributed by atoms with Crippen molar-refractivity contribution in [2.75, 3.05) is 25.2 Å². The van der Waals surface area contributed by atoms with Gasteiger partial charge in [0.05, 0.1) is 11.0 Å². The molecule has 18 heavy (non-hydrogen) atoms. The lowest BCUT2D eigenvalue weighted by Crippen LogP contribution is -2.23. The fourth-order valence-corrected chi connectivity index (χ4v) is 3.40. The number of hydrogen-bond donors (Lipinski definition) is 1. The molecule has 0 aromatic carbocycles. The highest BCUT2D eigenvalue weighted by molar-refractivity contribution is 7.98. The van der Waals surface area contributed by atoms with Crippen LogP contribution < -0.4 is 5.32 Å². The van der Waals surface area contributed by atoms with Crippen LogP contribution in [0.15, 0.2) is 12.1 Å². The van der Waals surface area contributed by atoms with Crippen LogP contribution >= 0.6 is 23.1 Å². The molecule has 1 fully saturated rings. The number of rotatable bonds is 6. The summed E-state index contributed by atoms with van der Waals surface area (Å²) < 4.78 is 5.62. The number of carbonyl (C=O) groups is 1. The molecular weight excluding hydrogens is 266 g/mol. The zero-order valence-corrected chi connectivity index (χ0v) is 12.2. The Labute approximate surface area is 116 Å². The van der Waals surface area contributed by atoms with Gasteiger partial charge in [0.25, 0.3) is 5.91 Å². The van der Waals surface area contributed by atoms with E-state index in [-0.39, 0.29) is 12.0 Å². The second-order valence-electron chi connectivity index (χ2n) is 4.31. The number of hydrogen-bond acceptors (Lipinski definition) is 4. The van der Waals surface area contributed by atoms with Crippen LogP contribution in [-0.2, 0) is 4.74 Å². The molecule has 0 aliphatic carbocycles. The molecule has 2 rings (SSSR count). The van der Waals surface area contributed by atoms with Gasteiger partial charge in [0.2, 0.25) is 0 Å². The first-order valence-electron chi connectivity index (χ1n) is 6.29. The van der Waals surface area contributed by atoms with Crippen molar-refractivity contribution in [3.63, 3.8) is 0 Å². The van der Waals surface area contributed by atoms with Crippen LogP contribution in [0.3, 0.4) is 0 Å². The Morgan fingerprint density at radius 2 is 2.50 bits per heavy atom. The van der Waals surface area contributed by atoms with Gasteiger partial charge in [0.1, 0.15) is 0 Å². The third kappa shape index (κ3) is 3.73. The summed E-state index contributed by atoms with van der Waals surface area (Å²) in [6, 6.07) is 3.93. The minimum absolute atomic E-state index is 0.0466. The largest absolute Gasteiger partial charge is 0.373 e. The normalized spacial score (nSPS) is 19.1. The third-order valence-corrected chi connectivity index (χ3v) is 4.78. The number of amides is 1. The smallest absolute Gasteiger partial charge is 0.261 e. The highest BCUT2D eigenvalue weighted by atomic mass is 32.2. The molecule has 1 atom stereocenters. The molecule has 1 N–H and O–H groups in total. The minimum atomic E-state index is 0.0466. The highest BCUT2D eigenvalue weighted by Gasteiger charge is 2.20. The van der Waals surface area contributed by atoms with Gasteiger partial charge in [-0.15, -0.1) is 11.3 Å². The van der Waals surface area contributed by atoms with Crippen molar-refractivity contribution < 1.29 is 9.53 Å². The summed E-state index contributed by atoms with van der Waals surface area (Å²) in [4.78, 5) is 13.9. The van der Waals surface area contributed by atoms with Crippen LogP contribution in [0.2, 0.25) is 0 Å². The van der Waals surface area contributed by atoms with Crippen LogP contribution in [0.5, 0.6) is 0 Å². The molecule has 0 bridgehead atoms. The average Bonchev–Trinajstić information content (AvgIpc) is 3.03. The van der Waals surface area contributed by atoms with Crippen LogP contribution in [0.25, 0.3) is 0 Å². The van der Waals surface area contributed by atoms with Crippen molar-refractivity contribution in [2.24, 2.45) is 0 Å². The summed E-state index contributed by atoms with van der Waals surface area (Å²) in [5.74, 6) is 1.14. The molecule has 1 aliphatic heterocycles. The van der Waals surface area contributed by atoms with E-state index < -0.39 is 0 Å². The van der Waals surface area contributed by atoms with E-state index in [0.717, 1.165) is 43.0 Å². The van der Waals surface area contributed by atoms with Crippen LogP contribution in [0.4, 0.5) is 0 Å². The van der Waals surface area contributed by atoms with Crippen molar-refractivity contribution >= 4 is 29.0 Å². The van der Waals surface area contributed by atoms with Crippen molar-refractivity contribution in [2.45, 2.75) is 25.4 Å². The molecule has 0 radical (unpaired) electrons. The molecule has 2 heterocycles. The molecule has 5 heteroatoms. The predicted octanol–water partition coefficient (Wildman–Crippen LogP) is 3.08. The van der Waals surface area contributed by atoms with E-state index >= 15 is 0 Å². The summed E-state index contributed by atoms with van der Waals surface area (Å²) in [7, 11) is 0. The molecule has 0 unspecified atom stereocenters. The number of carbonyl (C=O) groups excluding carboxylic acids is 1. The Morgan fingerprint density at radius 1 is 1.61 bits per heavy atom. The monoisotopic (exact) mass is 285 g/mol. The van der Waals surface area contributed by atoms with E-state index in [9.17, 15) is 4.79 Å². The van der Waals surface area contributed by atoms with Crippen LogP contribution in [0, 0.1) is 0 Å². The maximum atomic E-state index is 11.9. The van der Waals surface area contributed by atoms with Gasteiger partial charge >= 0.3 is 0 Å². The Bertz CT molecular complexity index is 386. The maximum absolute atomic E-state index is 11.9. The molecule has 1 saturated heterocycles. The van der Waals surface area contributed by atoms with E-state index in [1.807, 2.05) is 12.1 Å². The lowest BCUT2D eigenvalue weighted by Gasteiger charge is -2.05. The van der Waals surface area contributed by atoms with Gasteiger partial charge in [0, 0.05) is 18.0 Å². The Hall–Kier alpha value is -0.520. The predicted molar refractivity (Wildman–Crippen MR) is 77.6 cm³/mol. The van der Waals surface area contributed by atoms with Gasteiger partial charge < -0.3 is 10.1 Å². The highest BCUT2D eigenvalue weighted by Crippen LogP contribution is 2.33. The average molecular weight is 285 g/mol. The first-order chi connectivity index (χ1) is 8.81. The van der Waals surface area contributed by atoms with E-state index in [0.29, 0.717) is 0 Å². The van der Waals surface area contributed by atoms with E-state index in [4.69, 9.17) is 4.74 Å². The number of nitrogens with one attached hydrogen (secondary N) is 1. The molecule has 1 aromatic rings. The Balaban J connectivity index is 1.83. The van der Waals surface area contributed by atoms with Gasteiger partial charge in [-0.3, -0.25) is 4.79 Å². The molecule has 1 aromatic heterocycles. The summed E-state index contributed by atoms with van der Waals surface area (Å²) in [6.45, 7) is 1.60. The molecule has 0 spiro atoms. The lowest BCUT2D eigenvalue weighted by atomic mass is 10.2. The minimum Gasteiger partial charge on any atom is -0.373 e. The summed E-state index contributed by atoms with van der Waals surface area (Å²) in [5.41, 5.74) is 0. The maximum Gasteiger partial charge on any atom is 0.261 e. The standard InChI is InChI=1S/C13H19NO2S2/c1-17-9-3-7-14-13(15)12-6-5-11(18-12)10-4-2-8-16-10/h5-6,10H,2-4,7-9H2,1H3,(H,14,15)/t10-/m0/s1. The van der Waals surface area contributed by atoms with Crippen molar-refractivity contribution in [3.05, 3.63) is 21.9 Å². The first-order valence-corrected chi connectivity index (χ1v) is 8.51. The zero-order valence-electron chi connectivity index (χ0n) is 10.6. The van der Waals surface area contributed by atoms with Crippen molar-refractivity contribution in [1.82, 2.24) is 5.32 Å². The number of thioether (sulfide) groups is 1. The van der Waals surface area contributed by atoms with Crippen LogP contribution in [0.1, 0.15) is 39.9 Å². The van der Waals surface area contributed by atoms with Gasteiger partial charge in [-0.1, -0.05) is 0 Å². The van der Waals surface area contributed by atoms with Crippen molar-refractivity contribution in [3.8, 4) is 0 Å².